The monoisotopic (exact) mass is 489 g/mol. The van der Waals surface area contributed by atoms with E-state index in [1.807, 2.05) is 42.1 Å². The van der Waals surface area contributed by atoms with Gasteiger partial charge in [-0.2, -0.15) is 11.8 Å². The Morgan fingerprint density at radius 2 is 1.71 bits per heavy atom. The number of benzene rings is 2. The number of carbonyl (C=O) groups excluding carboxylic acids is 1. The summed E-state index contributed by atoms with van der Waals surface area (Å²) in [5, 5.41) is 9.24. The van der Waals surface area contributed by atoms with Crippen molar-refractivity contribution in [2.45, 2.75) is 39.2 Å². The second-order valence-corrected chi connectivity index (χ2v) is 8.84. The van der Waals surface area contributed by atoms with Crippen molar-refractivity contribution >= 4 is 23.8 Å². The van der Waals surface area contributed by atoms with E-state index in [1.165, 1.54) is 0 Å². The van der Waals surface area contributed by atoms with Crippen LogP contribution in [0.2, 0.25) is 0 Å². The number of para-hydroxylation sites is 1. The summed E-state index contributed by atoms with van der Waals surface area (Å²) in [6.07, 6.45) is 1.06. The summed E-state index contributed by atoms with van der Waals surface area (Å²) in [7, 11) is 0. The fourth-order valence-corrected chi connectivity index (χ4v) is 4.01. The summed E-state index contributed by atoms with van der Waals surface area (Å²) < 4.78 is 16.6. The summed E-state index contributed by atoms with van der Waals surface area (Å²) in [5.74, 6) is 2.30. The molecule has 8 heteroatoms. The van der Waals surface area contributed by atoms with Gasteiger partial charge in [-0.15, -0.1) is 0 Å². The number of hydrogen-bond acceptors (Lipinski definition) is 6. The van der Waals surface area contributed by atoms with Gasteiger partial charge in [0.1, 0.15) is 18.1 Å². The normalized spacial score (nSPS) is 11.6. The molecule has 0 radical (unpaired) electrons. The molecule has 2 aromatic rings. The molecule has 0 aliphatic carbocycles. The molecule has 186 valence electrons. The molecule has 2 aromatic carbocycles. The van der Waals surface area contributed by atoms with Gasteiger partial charge in [-0.3, -0.25) is 0 Å². The van der Waals surface area contributed by atoms with Gasteiger partial charge >= 0.3 is 12.1 Å². The Kier molecular flexibility index (Phi) is 13.0. The average Bonchev–Trinajstić information content (AvgIpc) is 2.84. The maximum atomic E-state index is 12.7. The Morgan fingerprint density at radius 3 is 2.35 bits per heavy atom. The van der Waals surface area contributed by atoms with Crippen LogP contribution in [0.4, 0.5) is 4.79 Å². The SMILES string of the molecule is CCCSCCCN(CCOc1ccc(CC(OCC)C(=O)O)cc1)C(=O)Oc1ccccc1. The molecule has 34 heavy (non-hydrogen) atoms. The minimum Gasteiger partial charge on any atom is -0.492 e. The van der Waals surface area contributed by atoms with Crippen LogP contribution in [0.5, 0.6) is 11.5 Å². The molecular formula is C26H35NO6S. The topological polar surface area (TPSA) is 85.3 Å². The third-order valence-electron chi connectivity index (χ3n) is 4.89. The lowest BCUT2D eigenvalue weighted by Gasteiger charge is -2.22. The van der Waals surface area contributed by atoms with Crippen molar-refractivity contribution in [2.24, 2.45) is 0 Å². The lowest BCUT2D eigenvalue weighted by molar-refractivity contribution is -0.149. The molecule has 2 rings (SSSR count). The van der Waals surface area contributed by atoms with Gasteiger partial charge in [0.15, 0.2) is 6.10 Å². The van der Waals surface area contributed by atoms with Gasteiger partial charge in [0.2, 0.25) is 0 Å². The molecule has 7 nitrogen and oxygen atoms in total. The zero-order valence-corrected chi connectivity index (χ0v) is 20.8. The highest BCUT2D eigenvalue weighted by atomic mass is 32.2. The highest BCUT2D eigenvalue weighted by Crippen LogP contribution is 2.16. The number of hydrogen-bond donors (Lipinski definition) is 1. The van der Waals surface area contributed by atoms with E-state index in [0.29, 0.717) is 44.2 Å². The number of nitrogens with zero attached hydrogens (tertiary/aromatic N) is 1. The van der Waals surface area contributed by atoms with E-state index in [-0.39, 0.29) is 6.09 Å². The van der Waals surface area contributed by atoms with Crippen molar-refractivity contribution in [3.63, 3.8) is 0 Å². The van der Waals surface area contributed by atoms with Crippen LogP contribution in [-0.2, 0) is 16.0 Å². The van der Waals surface area contributed by atoms with Gasteiger partial charge in [-0.25, -0.2) is 9.59 Å². The van der Waals surface area contributed by atoms with Crippen molar-refractivity contribution in [3.8, 4) is 11.5 Å². The molecule has 1 unspecified atom stereocenters. The van der Waals surface area contributed by atoms with E-state index in [0.717, 1.165) is 29.9 Å². The second kappa shape index (κ2) is 16.0. The Bertz CT molecular complexity index is 846. The quantitative estimate of drug-likeness (QED) is 0.327. The summed E-state index contributed by atoms with van der Waals surface area (Å²) >= 11 is 1.89. The van der Waals surface area contributed by atoms with E-state index in [2.05, 4.69) is 6.92 Å². The van der Waals surface area contributed by atoms with Crippen LogP contribution in [0.15, 0.2) is 54.6 Å². The van der Waals surface area contributed by atoms with E-state index < -0.39 is 12.1 Å². The van der Waals surface area contributed by atoms with Crippen LogP contribution in [0, 0.1) is 0 Å². The Morgan fingerprint density at radius 1 is 0.971 bits per heavy atom. The van der Waals surface area contributed by atoms with Gasteiger partial charge in [-0.05, 0) is 61.1 Å². The molecule has 0 spiro atoms. The minimum absolute atomic E-state index is 0.290. The van der Waals surface area contributed by atoms with Crippen LogP contribution in [0.1, 0.15) is 32.3 Å². The first-order valence-electron chi connectivity index (χ1n) is 11.7. The molecule has 0 heterocycles. The number of rotatable bonds is 16. The number of carbonyl (C=O) groups is 2. The molecular weight excluding hydrogens is 454 g/mol. The number of aliphatic carboxylic acids is 1. The van der Waals surface area contributed by atoms with Gasteiger partial charge < -0.3 is 24.2 Å². The summed E-state index contributed by atoms with van der Waals surface area (Å²) in [6.45, 7) is 5.59. The molecule has 0 bridgehead atoms. The van der Waals surface area contributed by atoms with Crippen molar-refractivity contribution in [3.05, 3.63) is 60.2 Å². The minimum atomic E-state index is -0.974. The molecule has 0 aliphatic heterocycles. The van der Waals surface area contributed by atoms with Crippen molar-refractivity contribution in [1.82, 2.24) is 4.90 Å². The maximum Gasteiger partial charge on any atom is 0.415 e. The van der Waals surface area contributed by atoms with Crippen LogP contribution in [0.25, 0.3) is 0 Å². The Balaban J connectivity index is 1.87. The third kappa shape index (κ3) is 10.5. The van der Waals surface area contributed by atoms with E-state index in [9.17, 15) is 14.7 Å². The molecule has 1 N–H and O–H groups in total. The van der Waals surface area contributed by atoms with Gasteiger partial charge in [0.25, 0.3) is 0 Å². The largest absolute Gasteiger partial charge is 0.492 e. The number of ether oxygens (including phenoxy) is 3. The second-order valence-electron chi connectivity index (χ2n) is 7.61. The zero-order valence-electron chi connectivity index (χ0n) is 20.0. The van der Waals surface area contributed by atoms with Gasteiger partial charge in [0, 0.05) is 19.6 Å². The van der Waals surface area contributed by atoms with Crippen LogP contribution in [-0.4, -0.2) is 66.0 Å². The maximum absolute atomic E-state index is 12.7. The molecule has 0 aromatic heterocycles. The van der Waals surface area contributed by atoms with Crippen molar-refractivity contribution < 1.29 is 28.9 Å². The number of carboxylic acid groups (broad SMARTS) is 1. The number of amides is 1. The Labute approximate surface area is 206 Å². The van der Waals surface area contributed by atoms with E-state index in [4.69, 9.17) is 14.2 Å². The lowest BCUT2D eigenvalue weighted by atomic mass is 10.1. The first-order valence-corrected chi connectivity index (χ1v) is 12.8. The smallest absolute Gasteiger partial charge is 0.415 e. The first-order chi connectivity index (χ1) is 16.5. The fraction of sp³-hybridized carbons (Fsp3) is 0.462. The van der Waals surface area contributed by atoms with Crippen molar-refractivity contribution in [2.75, 3.05) is 37.8 Å². The molecule has 1 amide bonds. The van der Waals surface area contributed by atoms with Gasteiger partial charge in [0.05, 0.1) is 6.54 Å². The van der Waals surface area contributed by atoms with Gasteiger partial charge in [-0.1, -0.05) is 37.3 Å². The van der Waals surface area contributed by atoms with Crippen LogP contribution >= 0.6 is 11.8 Å². The number of carboxylic acids is 1. The highest BCUT2D eigenvalue weighted by Gasteiger charge is 2.18. The first kappa shape index (κ1) is 27.5. The molecule has 1 atom stereocenters. The summed E-state index contributed by atoms with van der Waals surface area (Å²) in [5.41, 5.74) is 0.853. The Hall–Kier alpha value is -2.71. The van der Waals surface area contributed by atoms with Crippen LogP contribution < -0.4 is 9.47 Å². The van der Waals surface area contributed by atoms with E-state index in [1.54, 1.807) is 36.1 Å². The standard InChI is InChI=1S/C26H35NO6S/c1-3-18-34-19-8-15-27(26(30)33-23-9-6-5-7-10-23)16-17-32-22-13-11-21(12-14-22)20-24(25(28)29)31-4-2/h5-7,9-14,24H,3-4,8,15-20H2,1-2H3,(H,28,29). The predicted octanol–water partition coefficient (Wildman–Crippen LogP) is 5.13. The van der Waals surface area contributed by atoms with Crippen molar-refractivity contribution in [1.29, 1.82) is 0 Å². The predicted molar refractivity (Wildman–Crippen MR) is 135 cm³/mol. The highest BCUT2D eigenvalue weighted by molar-refractivity contribution is 7.99. The van der Waals surface area contributed by atoms with E-state index >= 15 is 0 Å². The fourth-order valence-electron chi connectivity index (χ4n) is 3.18. The lowest BCUT2D eigenvalue weighted by Crippen LogP contribution is -2.37. The number of thioether (sulfide) groups is 1. The molecule has 0 saturated heterocycles. The summed E-state index contributed by atoms with van der Waals surface area (Å²) in [4.78, 5) is 25.7. The molecule has 0 fully saturated rings. The average molecular weight is 490 g/mol. The third-order valence-corrected chi connectivity index (χ3v) is 6.16. The van der Waals surface area contributed by atoms with Crippen LogP contribution in [0.3, 0.4) is 0 Å². The molecule has 0 saturated carbocycles. The summed E-state index contributed by atoms with van der Waals surface area (Å²) in [6, 6.07) is 16.3. The molecule has 0 aliphatic rings. The zero-order chi connectivity index (χ0) is 24.6.